The number of aromatic nitrogens is 2. The summed E-state index contributed by atoms with van der Waals surface area (Å²) in [4.78, 5) is 20.0. The minimum atomic E-state index is -0.338. The third-order valence-corrected chi connectivity index (χ3v) is 3.54. The monoisotopic (exact) mass is 263 g/mol. The van der Waals surface area contributed by atoms with Crippen molar-refractivity contribution in [3.05, 3.63) is 40.1 Å². The summed E-state index contributed by atoms with van der Waals surface area (Å²) < 4.78 is 0. The van der Waals surface area contributed by atoms with E-state index in [9.17, 15) is 9.90 Å². The number of carbonyl (C=O) groups excluding carboxylic acids is 1. The lowest BCUT2D eigenvalue weighted by molar-refractivity contribution is 0.0937. The number of rotatable bonds is 3. The van der Waals surface area contributed by atoms with Gasteiger partial charge in [0.2, 0.25) is 0 Å². The van der Waals surface area contributed by atoms with Gasteiger partial charge >= 0.3 is 0 Å². The average molecular weight is 263 g/mol. The van der Waals surface area contributed by atoms with Crippen LogP contribution in [0.4, 0.5) is 0 Å². The number of amides is 1. The summed E-state index contributed by atoms with van der Waals surface area (Å²) >= 11 is 1.50. The lowest BCUT2D eigenvalue weighted by Crippen LogP contribution is -2.26. The molecule has 2 rings (SSSR count). The van der Waals surface area contributed by atoms with Gasteiger partial charge in [-0.25, -0.2) is 4.98 Å². The molecule has 0 saturated heterocycles. The van der Waals surface area contributed by atoms with Crippen LogP contribution in [-0.4, -0.2) is 21.0 Å². The topological polar surface area (TPSA) is 75.1 Å². The largest absolute Gasteiger partial charge is 0.505 e. The average Bonchev–Trinajstić information content (AvgIpc) is 2.76. The Labute approximate surface area is 109 Å². The number of hydrogen-bond donors (Lipinski definition) is 2. The van der Waals surface area contributed by atoms with Crippen LogP contribution in [0.3, 0.4) is 0 Å². The molecule has 0 bridgehead atoms. The Balaban J connectivity index is 2.10. The number of pyridine rings is 1. The molecule has 2 N–H and O–H groups in total. The molecular formula is C12H13N3O2S. The van der Waals surface area contributed by atoms with Crippen LogP contribution < -0.4 is 5.32 Å². The zero-order valence-electron chi connectivity index (χ0n) is 10.0. The fourth-order valence-electron chi connectivity index (χ4n) is 1.49. The number of nitrogens with zero attached hydrogens (tertiary/aromatic N) is 2. The zero-order valence-corrected chi connectivity index (χ0v) is 10.9. The first-order chi connectivity index (χ1) is 8.58. The van der Waals surface area contributed by atoms with E-state index in [2.05, 4.69) is 15.3 Å². The molecule has 18 heavy (non-hydrogen) atoms. The first-order valence-corrected chi connectivity index (χ1v) is 6.31. The molecule has 0 radical (unpaired) electrons. The Bertz CT molecular complexity index is 568. The number of hydrogen-bond acceptors (Lipinski definition) is 5. The van der Waals surface area contributed by atoms with Crippen molar-refractivity contribution < 1.29 is 9.90 Å². The van der Waals surface area contributed by atoms with Gasteiger partial charge in [0.15, 0.2) is 0 Å². The summed E-state index contributed by atoms with van der Waals surface area (Å²) in [5.74, 6) is -0.465. The van der Waals surface area contributed by atoms with Gasteiger partial charge in [0.25, 0.3) is 5.91 Å². The Morgan fingerprint density at radius 2 is 2.33 bits per heavy atom. The van der Waals surface area contributed by atoms with E-state index in [1.54, 1.807) is 0 Å². The van der Waals surface area contributed by atoms with Crippen molar-refractivity contribution in [3.63, 3.8) is 0 Å². The van der Waals surface area contributed by atoms with E-state index in [0.29, 0.717) is 0 Å². The molecule has 6 heteroatoms. The molecule has 0 aliphatic rings. The highest BCUT2D eigenvalue weighted by Crippen LogP contribution is 2.19. The quantitative estimate of drug-likeness (QED) is 0.888. The lowest BCUT2D eigenvalue weighted by atomic mass is 10.2. The molecule has 0 aromatic carbocycles. The molecule has 1 unspecified atom stereocenters. The van der Waals surface area contributed by atoms with Crippen molar-refractivity contribution in [1.29, 1.82) is 0 Å². The maximum Gasteiger partial charge on any atom is 0.255 e. The molecule has 0 aliphatic heterocycles. The van der Waals surface area contributed by atoms with E-state index in [0.717, 1.165) is 10.7 Å². The molecule has 2 aromatic heterocycles. The van der Waals surface area contributed by atoms with Gasteiger partial charge in [0, 0.05) is 17.3 Å². The van der Waals surface area contributed by atoms with Crippen molar-refractivity contribution in [2.24, 2.45) is 0 Å². The highest BCUT2D eigenvalue weighted by molar-refractivity contribution is 7.09. The van der Waals surface area contributed by atoms with Crippen LogP contribution >= 0.6 is 11.3 Å². The summed E-state index contributed by atoms with van der Waals surface area (Å²) in [6.07, 6.45) is 2.71. The molecule has 2 aromatic rings. The maximum absolute atomic E-state index is 11.9. The summed E-state index contributed by atoms with van der Waals surface area (Å²) in [7, 11) is 0. The molecule has 1 amide bonds. The van der Waals surface area contributed by atoms with Crippen LogP contribution in [-0.2, 0) is 0 Å². The van der Waals surface area contributed by atoms with Crippen LogP contribution in [0.5, 0.6) is 5.75 Å². The van der Waals surface area contributed by atoms with Crippen LogP contribution in [0.2, 0.25) is 0 Å². The van der Waals surface area contributed by atoms with Crippen molar-refractivity contribution in [3.8, 4) is 5.75 Å². The number of nitrogens with one attached hydrogen (secondary N) is 1. The number of thiazole rings is 1. The highest BCUT2D eigenvalue weighted by Gasteiger charge is 2.16. The van der Waals surface area contributed by atoms with Crippen molar-refractivity contribution in [2.45, 2.75) is 19.9 Å². The van der Waals surface area contributed by atoms with E-state index in [1.165, 1.54) is 29.8 Å². The second kappa shape index (κ2) is 5.14. The van der Waals surface area contributed by atoms with Gasteiger partial charge in [-0.15, -0.1) is 11.3 Å². The second-order valence-corrected chi connectivity index (χ2v) is 4.80. The van der Waals surface area contributed by atoms with Gasteiger partial charge < -0.3 is 10.4 Å². The van der Waals surface area contributed by atoms with E-state index < -0.39 is 0 Å². The summed E-state index contributed by atoms with van der Waals surface area (Å²) in [6.45, 7) is 3.76. The molecular weight excluding hydrogens is 250 g/mol. The minimum Gasteiger partial charge on any atom is -0.505 e. The summed E-state index contributed by atoms with van der Waals surface area (Å²) in [5, 5.41) is 15.1. The molecule has 94 valence electrons. The normalized spacial score (nSPS) is 12.1. The first-order valence-electron chi connectivity index (χ1n) is 5.44. The smallest absolute Gasteiger partial charge is 0.255 e. The molecule has 0 spiro atoms. The molecule has 0 aliphatic carbocycles. The fourth-order valence-corrected chi connectivity index (χ4v) is 2.29. The molecule has 2 heterocycles. The Morgan fingerprint density at radius 3 is 2.94 bits per heavy atom. The zero-order chi connectivity index (χ0) is 13.1. The van der Waals surface area contributed by atoms with E-state index in [4.69, 9.17) is 0 Å². The molecule has 1 atom stereocenters. The van der Waals surface area contributed by atoms with Gasteiger partial charge in [0.05, 0.1) is 17.8 Å². The van der Waals surface area contributed by atoms with E-state index in [1.807, 2.05) is 19.2 Å². The van der Waals surface area contributed by atoms with Crippen molar-refractivity contribution >= 4 is 17.2 Å². The van der Waals surface area contributed by atoms with Gasteiger partial charge in [-0.3, -0.25) is 9.78 Å². The number of carbonyl (C=O) groups is 1. The number of aryl methyl sites for hydroxylation is 1. The first kappa shape index (κ1) is 12.5. The molecule has 0 fully saturated rings. The highest BCUT2D eigenvalue weighted by atomic mass is 32.1. The fraction of sp³-hybridized carbons (Fsp3) is 0.250. The number of aromatic hydroxyl groups is 1. The lowest BCUT2D eigenvalue weighted by Gasteiger charge is -2.11. The SMILES string of the molecule is Cc1csc(C(C)NC(=O)c2ccncc2O)n1. The van der Waals surface area contributed by atoms with Gasteiger partial charge in [-0.2, -0.15) is 0 Å². The minimum absolute atomic E-state index is 0.127. The third kappa shape index (κ3) is 2.65. The molecule has 5 nitrogen and oxygen atoms in total. The van der Waals surface area contributed by atoms with Gasteiger partial charge in [-0.05, 0) is 19.9 Å². The van der Waals surface area contributed by atoms with Crippen molar-refractivity contribution in [1.82, 2.24) is 15.3 Å². The Morgan fingerprint density at radius 1 is 1.56 bits per heavy atom. The van der Waals surface area contributed by atoms with Gasteiger partial charge in [0.1, 0.15) is 10.8 Å². The second-order valence-electron chi connectivity index (χ2n) is 3.92. The van der Waals surface area contributed by atoms with E-state index >= 15 is 0 Å². The van der Waals surface area contributed by atoms with Crippen molar-refractivity contribution in [2.75, 3.05) is 0 Å². The van der Waals surface area contributed by atoms with Crippen LogP contribution in [0.1, 0.15) is 34.0 Å². The van der Waals surface area contributed by atoms with Crippen LogP contribution in [0.25, 0.3) is 0 Å². The molecule has 0 saturated carbocycles. The summed E-state index contributed by atoms with van der Waals surface area (Å²) in [5.41, 5.74) is 1.15. The standard InChI is InChI=1S/C12H13N3O2S/c1-7-6-18-12(14-7)8(2)15-11(17)9-3-4-13-5-10(9)16/h3-6,8,16H,1-2H3,(H,15,17). The predicted octanol–water partition coefficient (Wildman–Crippen LogP) is 2.04. The van der Waals surface area contributed by atoms with E-state index in [-0.39, 0.29) is 23.3 Å². The predicted molar refractivity (Wildman–Crippen MR) is 68.6 cm³/mol. The Hall–Kier alpha value is -1.95. The maximum atomic E-state index is 11.9. The van der Waals surface area contributed by atoms with Crippen LogP contribution in [0.15, 0.2) is 23.8 Å². The summed E-state index contributed by atoms with van der Waals surface area (Å²) in [6, 6.07) is 1.29. The van der Waals surface area contributed by atoms with Crippen LogP contribution in [0, 0.1) is 6.92 Å². The Kier molecular flexibility index (Phi) is 3.57. The van der Waals surface area contributed by atoms with Gasteiger partial charge in [-0.1, -0.05) is 0 Å². The third-order valence-electron chi connectivity index (χ3n) is 2.40.